The minimum absolute atomic E-state index is 0.0578. The van der Waals surface area contributed by atoms with Gasteiger partial charge in [0.05, 0.1) is 12.1 Å². The molecule has 0 spiro atoms. The summed E-state index contributed by atoms with van der Waals surface area (Å²) in [5, 5.41) is 12.7. The maximum Gasteiger partial charge on any atom is 0.266 e. The molecule has 0 aliphatic rings. The van der Waals surface area contributed by atoms with Gasteiger partial charge in [-0.2, -0.15) is 5.26 Å². The zero-order valence-electron chi connectivity index (χ0n) is 18.4. The van der Waals surface area contributed by atoms with Crippen molar-refractivity contribution >= 4 is 45.2 Å². The third-order valence-corrected chi connectivity index (χ3v) is 5.89. The first kappa shape index (κ1) is 24.4. The molecule has 168 valence electrons. The number of aryl methyl sites for hydroxylation is 1. The molecule has 33 heavy (non-hydrogen) atoms. The average molecular weight is 526 g/mol. The van der Waals surface area contributed by atoms with Crippen LogP contribution in [0.3, 0.4) is 0 Å². The topological polar surface area (TPSA) is 71.3 Å². The summed E-state index contributed by atoms with van der Waals surface area (Å²) in [5.41, 5.74) is 4.10. The number of methoxy groups -OCH3 is 1. The first-order valence-electron chi connectivity index (χ1n) is 10.1. The minimum atomic E-state index is -0.503. The van der Waals surface area contributed by atoms with Gasteiger partial charge in [-0.3, -0.25) is 4.79 Å². The first-order chi connectivity index (χ1) is 15.8. The fourth-order valence-corrected chi connectivity index (χ4v) is 3.63. The number of rotatable bonds is 7. The summed E-state index contributed by atoms with van der Waals surface area (Å²) in [4.78, 5) is 12.7. The molecule has 0 aliphatic heterocycles. The molecule has 7 heteroatoms. The Bertz CT molecular complexity index is 1250. The Hall–Kier alpha value is -3.27. The number of carbonyl (C=O) groups is 1. The van der Waals surface area contributed by atoms with Crippen molar-refractivity contribution in [2.75, 3.05) is 12.4 Å². The van der Waals surface area contributed by atoms with E-state index in [2.05, 4.69) is 21.2 Å². The van der Waals surface area contributed by atoms with Gasteiger partial charge in [-0.05, 0) is 72.5 Å². The second-order valence-corrected chi connectivity index (χ2v) is 8.64. The van der Waals surface area contributed by atoms with E-state index in [4.69, 9.17) is 21.1 Å². The highest BCUT2D eigenvalue weighted by molar-refractivity contribution is 9.10. The van der Waals surface area contributed by atoms with E-state index in [1.54, 1.807) is 18.2 Å². The molecular weight excluding hydrogens is 504 g/mol. The van der Waals surface area contributed by atoms with Gasteiger partial charge < -0.3 is 14.8 Å². The SMILES string of the molecule is COc1cc(/C=C(\C#N)C(=O)Nc2cccc(C)c2C)cc(Cl)c1OCc1ccc(Br)cc1. The lowest BCUT2D eigenvalue weighted by Crippen LogP contribution is -2.14. The smallest absolute Gasteiger partial charge is 0.266 e. The van der Waals surface area contributed by atoms with Crippen molar-refractivity contribution in [1.29, 1.82) is 5.26 Å². The van der Waals surface area contributed by atoms with Gasteiger partial charge in [0.1, 0.15) is 18.2 Å². The molecule has 0 bridgehead atoms. The van der Waals surface area contributed by atoms with Crippen LogP contribution in [0.25, 0.3) is 6.08 Å². The Morgan fingerprint density at radius 1 is 1.18 bits per heavy atom. The number of carbonyl (C=O) groups excluding carboxylic acids is 1. The van der Waals surface area contributed by atoms with Crippen molar-refractivity contribution in [2.45, 2.75) is 20.5 Å². The summed E-state index contributed by atoms with van der Waals surface area (Å²) in [6.07, 6.45) is 1.47. The fraction of sp³-hybridized carbons (Fsp3) is 0.154. The van der Waals surface area contributed by atoms with Gasteiger partial charge in [0.2, 0.25) is 0 Å². The number of hydrogen-bond acceptors (Lipinski definition) is 4. The average Bonchev–Trinajstić information content (AvgIpc) is 2.80. The molecule has 0 aromatic heterocycles. The monoisotopic (exact) mass is 524 g/mol. The van der Waals surface area contributed by atoms with Gasteiger partial charge in [0.25, 0.3) is 5.91 Å². The highest BCUT2D eigenvalue weighted by Gasteiger charge is 2.15. The van der Waals surface area contributed by atoms with Gasteiger partial charge >= 0.3 is 0 Å². The van der Waals surface area contributed by atoms with Crippen LogP contribution in [0.1, 0.15) is 22.3 Å². The summed E-state index contributed by atoms with van der Waals surface area (Å²) < 4.78 is 12.3. The van der Waals surface area contributed by atoms with Gasteiger partial charge in [0.15, 0.2) is 11.5 Å². The van der Waals surface area contributed by atoms with E-state index in [0.717, 1.165) is 21.2 Å². The van der Waals surface area contributed by atoms with Crippen LogP contribution in [0.2, 0.25) is 5.02 Å². The van der Waals surface area contributed by atoms with E-state index in [-0.39, 0.29) is 5.57 Å². The van der Waals surface area contributed by atoms with Crippen LogP contribution in [0.15, 0.2) is 64.6 Å². The van der Waals surface area contributed by atoms with Crippen LogP contribution in [0, 0.1) is 25.2 Å². The second kappa shape index (κ2) is 11.0. The third kappa shape index (κ3) is 6.16. The molecule has 0 aliphatic carbocycles. The number of halogens is 2. The number of ether oxygens (including phenoxy) is 2. The summed E-state index contributed by atoms with van der Waals surface area (Å²) in [6, 6.07) is 18.6. The standard InChI is InChI=1S/C26H22BrClN2O3/c1-16-5-4-6-23(17(16)2)30-26(31)20(14-29)11-19-12-22(28)25(24(13-19)32-3)33-15-18-7-9-21(27)10-8-18/h4-13H,15H2,1-3H3,(H,30,31)/b20-11+. The normalized spacial score (nSPS) is 11.0. The third-order valence-electron chi connectivity index (χ3n) is 5.08. The molecule has 5 nitrogen and oxygen atoms in total. The van der Waals surface area contributed by atoms with Crippen LogP contribution in [-0.2, 0) is 11.4 Å². The number of benzene rings is 3. The number of hydrogen-bond donors (Lipinski definition) is 1. The van der Waals surface area contributed by atoms with Gasteiger partial charge in [0, 0.05) is 10.2 Å². The lowest BCUT2D eigenvalue weighted by Gasteiger charge is -2.14. The number of nitrogens with one attached hydrogen (secondary N) is 1. The van der Waals surface area contributed by atoms with E-state index in [0.29, 0.717) is 34.4 Å². The van der Waals surface area contributed by atoms with E-state index in [1.807, 2.05) is 56.3 Å². The molecule has 0 saturated carbocycles. The molecule has 0 saturated heterocycles. The second-order valence-electron chi connectivity index (χ2n) is 7.32. The maximum absolute atomic E-state index is 12.7. The summed E-state index contributed by atoms with van der Waals surface area (Å²) >= 11 is 9.86. The zero-order chi connectivity index (χ0) is 24.0. The number of anilines is 1. The highest BCUT2D eigenvalue weighted by Crippen LogP contribution is 2.37. The van der Waals surface area contributed by atoms with Crippen molar-refractivity contribution in [3.8, 4) is 17.6 Å². The van der Waals surface area contributed by atoms with Crippen molar-refractivity contribution < 1.29 is 14.3 Å². The first-order valence-corrected chi connectivity index (χ1v) is 11.2. The lowest BCUT2D eigenvalue weighted by molar-refractivity contribution is -0.112. The van der Waals surface area contributed by atoms with Gasteiger partial charge in [-0.15, -0.1) is 0 Å². The molecule has 1 N–H and O–H groups in total. The molecule has 1 amide bonds. The van der Waals surface area contributed by atoms with Crippen LogP contribution in [-0.4, -0.2) is 13.0 Å². The lowest BCUT2D eigenvalue weighted by atomic mass is 10.1. The van der Waals surface area contributed by atoms with E-state index >= 15 is 0 Å². The maximum atomic E-state index is 12.7. The van der Waals surface area contributed by atoms with E-state index in [1.165, 1.54) is 13.2 Å². The van der Waals surface area contributed by atoms with Crippen molar-refractivity contribution in [2.24, 2.45) is 0 Å². The van der Waals surface area contributed by atoms with Crippen LogP contribution >= 0.6 is 27.5 Å². The quantitative estimate of drug-likeness (QED) is 0.270. The predicted octanol–water partition coefficient (Wildman–Crippen LogP) is 6.85. The Balaban J connectivity index is 1.83. The van der Waals surface area contributed by atoms with Gasteiger partial charge in [-0.25, -0.2) is 0 Å². The minimum Gasteiger partial charge on any atom is -0.493 e. The van der Waals surface area contributed by atoms with E-state index < -0.39 is 5.91 Å². The molecule has 0 fully saturated rings. The van der Waals surface area contributed by atoms with Gasteiger partial charge in [-0.1, -0.05) is 51.8 Å². The largest absolute Gasteiger partial charge is 0.493 e. The summed E-state index contributed by atoms with van der Waals surface area (Å²) in [7, 11) is 1.50. The fourth-order valence-electron chi connectivity index (χ4n) is 3.09. The molecule has 0 heterocycles. The molecule has 0 atom stereocenters. The Labute approximate surface area is 206 Å². The Kier molecular flexibility index (Phi) is 8.16. The predicted molar refractivity (Wildman–Crippen MR) is 135 cm³/mol. The van der Waals surface area contributed by atoms with Crippen LogP contribution in [0.5, 0.6) is 11.5 Å². The molecule has 3 aromatic carbocycles. The molecule has 3 rings (SSSR count). The Morgan fingerprint density at radius 2 is 1.91 bits per heavy atom. The van der Waals surface area contributed by atoms with Crippen LogP contribution < -0.4 is 14.8 Å². The summed E-state index contributed by atoms with van der Waals surface area (Å²) in [6.45, 7) is 4.18. The zero-order valence-corrected chi connectivity index (χ0v) is 20.8. The Morgan fingerprint density at radius 3 is 2.58 bits per heavy atom. The number of nitriles is 1. The van der Waals surface area contributed by atoms with Crippen molar-refractivity contribution in [1.82, 2.24) is 0 Å². The van der Waals surface area contributed by atoms with Crippen LogP contribution in [0.4, 0.5) is 5.69 Å². The number of nitrogens with zero attached hydrogens (tertiary/aromatic N) is 1. The summed E-state index contributed by atoms with van der Waals surface area (Å²) in [5.74, 6) is 0.285. The molecule has 0 unspecified atom stereocenters. The molecule has 0 radical (unpaired) electrons. The highest BCUT2D eigenvalue weighted by atomic mass is 79.9. The van der Waals surface area contributed by atoms with E-state index in [9.17, 15) is 10.1 Å². The molecular formula is C26H22BrClN2O3. The van der Waals surface area contributed by atoms with Crippen molar-refractivity contribution in [3.63, 3.8) is 0 Å². The molecule has 3 aromatic rings. The number of amides is 1. The van der Waals surface area contributed by atoms with Crippen molar-refractivity contribution in [3.05, 3.63) is 91.9 Å².